The zero-order chi connectivity index (χ0) is 23.7. The summed E-state index contributed by atoms with van der Waals surface area (Å²) in [5.41, 5.74) is 0. The van der Waals surface area contributed by atoms with Crippen LogP contribution in [0.2, 0.25) is 0 Å². The van der Waals surface area contributed by atoms with Gasteiger partial charge in [-0.25, -0.2) is 0 Å². The molecule has 3 rings (SSSR count). The van der Waals surface area contributed by atoms with Crippen molar-refractivity contribution >= 4 is 0 Å². The molecule has 0 saturated carbocycles. The molecule has 0 radical (unpaired) electrons. The smallest absolute Gasteiger partial charge is 0.187 e. The molecule has 0 bridgehead atoms. The maximum Gasteiger partial charge on any atom is 0.187 e. The maximum atomic E-state index is 10.6. The Morgan fingerprint density at radius 1 is 0.594 bits per heavy atom. The molecule has 3 aliphatic rings. The van der Waals surface area contributed by atoms with Crippen LogP contribution in [0.4, 0.5) is 0 Å². The normalized spacial score (nSPS) is 52.7. The first-order valence-corrected chi connectivity index (χ1v) is 10.00. The molecule has 0 spiro atoms. The molecule has 0 amide bonds. The lowest BCUT2D eigenvalue weighted by Gasteiger charge is -2.47. The van der Waals surface area contributed by atoms with E-state index in [9.17, 15) is 51.1 Å². The van der Waals surface area contributed by atoms with Crippen LogP contribution in [0.25, 0.3) is 0 Å². The molecule has 0 aromatic rings. The average molecular weight is 474 g/mol. The Morgan fingerprint density at radius 2 is 1.16 bits per heavy atom. The fourth-order valence-corrected chi connectivity index (χ4v) is 3.75. The van der Waals surface area contributed by atoms with Crippen molar-refractivity contribution in [2.45, 2.75) is 86.0 Å². The van der Waals surface area contributed by atoms with E-state index in [4.69, 9.17) is 23.7 Å². The first kappa shape index (κ1) is 26.0. The molecule has 0 aromatic carbocycles. The minimum Gasteiger partial charge on any atom is -0.394 e. The van der Waals surface area contributed by atoms with E-state index < -0.39 is 106 Å². The van der Waals surface area contributed by atoms with E-state index in [2.05, 4.69) is 0 Å². The molecule has 15 nitrogen and oxygen atoms in total. The molecule has 3 fully saturated rings. The monoisotopic (exact) mass is 474 g/mol. The number of rotatable bonds is 6. The SMILES string of the molecule is OC[C@H]1O[C@@H](O)[C@H](O[C@@H]2O[C@H](CO)[C@@H](O)[C@H](O)[C@H]2O)[C@@H](O[C@@H]2OC[C@@H](O)[C@H](O)[C@H]2O)[C@H]1O. The van der Waals surface area contributed by atoms with Crippen molar-refractivity contribution in [3.05, 3.63) is 0 Å². The summed E-state index contributed by atoms with van der Waals surface area (Å²) < 4.78 is 26.4. The molecule has 3 heterocycles. The molecule has 0 aromatic heterocycles. The minimum absolute atomic E-state index is 0.424. The van der Waals surface area contributed by atoms with E-state index in [1.54, 1.807) is 0 Å². The lowest BCUT2D eigenvalue weighted by atomic mass is 9.97. The van der Waals surface area contributed by atoms with Gasteiger partial charge in [0.15, 0.2) is 18.9 Å². The zero-order valence-corrected chi connectivity index (χ0v) is 16.7. The molecule has 15 heteroatoms. The first-order chi connectivity index (χ1) is 15.1. The van der Waals surface area contributed by atoms with Crippen LogP contribution in [0.15, 0.2) is 0 Å². The van der Waals surface area contributed by atoms with Crippen LogP contribution in [0.5, 0.6) is 0 Å². The van der Waals surface area contributed by atoms with Crippen molar-refractivity contribution in [2.75, 3.05) is 19.8 Å². The Balaban J connectivity index is 1.80. The summed E-state index contributed by atoms with van der Waals surface area (Å²) in [6.07, 6.45) is -23.0. The fraction of sp³-hybridized carbons (Fsp3) is 1.00. The second-order valence-corrected chi connectivity index (χ2v) is 7.89. The summed E-state index contributed by atoms with van der Waals surface area (Å²) in [7, 11) is 0. The van der Waals surface area contributed by atoms with E-state index >= 15 is 0 Å². The molecule has 188 valence electrons. The molecule has 32 heavy (non-hydrogen) atoms. The van der Waals surface area contributed by atoms with Crippen LogP contribution in [-0.4, -0.2) is 157 Å². The van der Waals surface area contributed by atoms with Crippen LogP contribution < -0.4 is 0 Å². The lowest BCUT2D eigenvalue weighted by Crippen LogP contribution is -2.66. The van der Waals surface area contributed by atoms with E-state index in [1.807, 2.05) is 0 Å². The van der Waals surface area contributed by atoms with Gasteiger partial charge in [-0.1, -0.05) is 0 Å². The van der Waals surface area contributed by atoms with Gasteiger partial charge in [0.25, 0.3) is 0 Å². The summed E-state index contributed by atoms with van der Waals surface area (Å²) in [5, 5.41) is 99.2. The van der Waals surface area contributed by atoms with Gasteiger partial charge in [0.05, 0.1) is 19.8 Å². The van der Waals surface area contributed by atoms with Crippen molar-refractivity contribution in [1.29, 1.82) is 0 Å². The third-order valence-electron chi connectivity index (χ3n) is 5.70. The van der Waals surface area contributed by atoms with Gasteiger partial charge in [-0.2, -0.15) is 0 Å². The Hall–Kier alpha value is -0.600. The number of hydrogen-bond acceptors (Lipinski definition) is 15. The van der Waals surface area contributed by atoms with Crippen molar-refractivity contribution < 1.29 is 74.7 Å². The molecule has 0 aliphatic carbocycles. The fourth-order valence-electron chi connectivity index (χ4n) is 3.75. The van der Waals surface area contributed by atoms with E-state index in [-0.39, 0.29) is 0 Å². The van der Waals surface area contributed by atoms with Crippen LogP contribution in [0.3, 0.4) is 0 Å². The number of aliphatic hydroxyl groups excluding tert-OH is 10. The highest BCUT2D eigenvalue weighted by atomic mass is 16.8. The summed E-state index contributed by atoms with van der Waals surface area (Å²) in [6, 6.07) is 0. The summed E-state index contributed by atoms with van der Waals surface area (Å²) in [4.78, 5) is 0. The highest BCUT2D eigenvalue weighted by Gasteiger charge is 2.52. The second kappa shape index (κ2) is 10.8. The standard InChI is InChI=1S/C17H30O15/c18-1-5-8(22)10(24)12(26)17(30-5)32-14-13(9(23)6(2-19)29-15(14)27)31-16-11(25)7(21)4(20)3-28-16/h4-27H,1-3H2/t4-,5-,6-,7+,8-,9+,10+,11-,12-,13+,14-,15-,16+,17+/m1/s1. The summed E-state index contributed by atoms with van der Waals surface area (Å²) in [6.45, 7) is -1.92. The number of aliphatic hydroxyl groups is 10. The second-order valence-electron chi connectivity index (χ2n) is 7.89. The quantitative estimate of drug-likeness (QED) is 0.172. The minimum atomic E-state index is -1.89. The lowest BCUT2D eigenvalue weighted by molar-refractivity contribution is -0.383. The van der Waals surface area contributed by atoms with Crippen molar-refractivity contribution in [1.82, 2.24) is 0 Å². The Morgan fingerprint density at radius 3 is 1.78 bits per heavy atom. The topological polar surface area (TPSA) is 248 Å². The average Bonchev–Trinajstić information content (AvgIpc) is 2.78. The van der Waals surface area contributed by atoms with E-state index in [1.165, 1.54) is 0 Å². The van der Waals surface area contributed by atoms with Gasteiger partial charge >= 0.3 is 0 Å². The van der Waals surface area contributed by atoms with Crippen LogP contribution in [0.1, 0.15) is 0 Å². The highest BCUT2D eigenvalue weighted by Crippen LogP contribution is 2.31. The molecule has 0 unspecified atom stereocenters. The predicted octanol–water partition coefficient (Wildman–Crippen LogP) is -6.93. The predicted molar refractivity (Wildman–Crippen MR) is 95.2 cm³/mol. The largest absolute Gasteiger partial charge is 0.394 e. The van der Waals surface area contributed by atoms with Crippen LogP contribution >= 0.6 is 0 Å². The van der Waals surface area contributed by atoms with E-state index in [0.717, 1.165) is 0 Å². The highest BCUT2D eigenvalue weighted by molar-refractivity contribution is 4.95. The molecular formula is C17H30O15. The van der Waals surface area contributed by atoms with Gasteiger partial charge < -0.3 is 74.7 Å². The molecule has 3 saturated heterocycles. The van der Waals surface area contributed by atoms with Gasteiger partial charge in [0, 0.05) is 0 Å². The van der Waals surface area contributed by atoms with Crippen molar-refractivity contribution in [3.8, 4) is 0 Å². The van der Waals surface area contributed by atoms with E-state index in [0.29, 0.717) is 0 Å². The van der Waals surface area contributed by atoms with Gasteiger partial charge in [-0.05, 0) is 0 Å². The summed E-state index contributed by atoms with van der Waals surface area (Å²) in [5.74, 6) is 0. The van der Waals surface area contributed by atoms with Crippen molar-refractivity contribution in [2.24, 2.45) is 0 Å². The van der Waals surface area contributed by atoms with Gasteiger partial charge in [-0.3, -0.25) is 0 Å². The van der Waals surface area contributed by atoms with Gasteiger partial charge in [0.1, 0.15) is 67.1 Å². The Labute approximate surface area is 181 Å². The Kier molecular flexibility index (Phi) is 8.75. The third kappa shape index (κ3) is 5.07. The third-order valence-corrected chi connectivity index (χ3v) is 5.70. The summed E-state index contributed by atoms with van der Waals surface area (Å²) >= 11 is 0. The molecular weight excluding hydrogens is 444 g/mol. The number of hydrogen-bond donors (Lipinski definition) is 10. The zero-order valence-electron chi connectivity index (χ0n) is 16.7. The van der Waals surface area contributed by atoms with Gasteiger partial charge in [0.2, 0.25) is 0 Å². The molecule has 3 aliphatic heterocycles. The van der Waals surface area contributed by atoms with Gasteiger partial charge in [-0.15, -0.1) is 0 Å². The molecule has 14 atom stereocenters. The molecule has 10 N–H and O–H groups in total. The Bertz CT molecular complexity index is 594. The van der Waals surface area contributed by atoms with Crippen LogP contribution in [-0.2, 0) is 23.7 Å². The first-order valence-electron chi connectivity index (χ1n) is 10.00. The van der Waals surface area contributed by atoms with Crippen molar-refractivity contribution in [3.63, 3.8) is 0 Å². The number of ether oxygens (including phenoxy) is 5. The maximum absolute atomic E-state index is 10.6. The van der Waals surface area contributed by atoms with Crippen LogP contribution in [0, 0.1) is 0 Å².